The summed E-state index contributed by atoms with van der Waals surface area (Å²) in [6, 6.07) is 5.78. The van der Waals surface area contributed by atoms with Gasteiger partial charge in [0.15, 0.2) is 0 Å². The first kappa shape index (κ1) is 11.4. The molecule has 0 aliphatic carbocycles. The van der Waals surface area contributed by atoms with Crippen LogP contribution in [0.2, 0.25) is 0 Å². The second-order valence-corrected chi connectivity index (χ2v) is 4.33. The lowest BCUT2D eigenvalue weighted by Gasteiger charge is -2.14. The summed E-state index contributed by atoms with van der Waals surface area (Å²) in [4.78, 5) is 19.7. The van der Waals surface area contributed by atoms with Gasteiger partial charge in [0.1, 0.15) is 11.6 Å². The van der Waals surface area contributed by atoms with Crippen molar-refractivity contribution >= 4 is 22.8 Å². The Labute approximate surface area is 109 Å². The highest BCUT2D eigenvalue weighted by molar-refractivity contribution is 6.27. The second-order valence-electron chi connectivity index (χ2n) is 4.33. The van der Waals surface area contributed by atoms with E-state index in [1.54, 1.807) is 19.2 Å². The van der Waals surface area contributed by atoms with Crippen LogP contribution in [-0.2, 0) is 4.79 Å². The van der Waals surface area contributed by atoms with Crippen molar-refractivity contribution in [3.8, 4) is 6.07 Å². The summed E-state index contributed by atoms with van der Waals surface area (Å²) >= 11 is 0. The minimum absolute atomic E-state index is 0.398. The number of rotatable bonds is 1. The molecule has 0 saturated heterocycles. The summed E-state index contributed by atoms with van der Waals surface area (Å²) in [5.41, 5.74) is 3.17. The number of carbonyl (C=O) groups is 1. The van der Waals surface area contributed by atoms with Gasteiger partial charge in [-0.05, 0) is 30.7 Å². The van der Waals surface area contributed by atoms with Crippen LogP contribution in [0, 0.1) is 17.2 Å². The zero-order valence-electron chi connectivity index (χ0n) is 10.2. The molecule has 5 heteroatoms. The first-order valence-electron chi connectivity index (χ1n) is 5.83. The van der Waals surface area contributed by atoms with E-state index in [4.69, 9.17) is 5.26 Å². The molecule has 0 bridgehead atoms. The van der Waals surface area contributed by atoms with E-state index in [1.807, 2.05) is 35.0 Å². The van der Waals surface area contributed by atoms with Crippen LogP contribution in [0.25, 0.3) is 11.2 Å². The van der Waals surface area contributed by atoms with Crippen molar-refractivity contribution in [2.45, 2.75) is 6.92 Å². The summed E-state index contributed by atoms with van der Waals surface area (Å²) in [7, 11) is 0. The number of allylic oxidation sites excluding steroid dienone is 1. The summed E-state index contributed by atoms with van der Waals surface area (Å²) in [5.74, 6) is -1.19. The monoisotopic (exact) mass is 250 g/mol. The summed E-state index contributed by atoms with van der Waals surface area (Å²) in [5, 5.41) is 8.95. The highest BCUT2D eigenvalue weighted by Crippen LogP contribution is 2.24. The maximum Gasteiger partial charge on any atom is 0.267 e. The zero-order chi connectivity index (χ0) is 13.4. The number of hydrogen-bond donors (Lipinski definition) is 0. The van der Waals surface area contributed by atoms with Gasteiger partial charge in [-0.2, -0.15) is 5.26 Å². The number of nitriles is 1. The quantitative estimate of drug-likeness (QED) is 0.775. The Kier molecular flexibility index (Phi) is 2.50. The molecule has 2 aromatic heterocycles. The number of amides is 1. The Bertz CT molecular complexity index is 776. The lowest BCUT2D eigenvalue weighted by molar-refractivity contribution is -0.118. The van der Waals surface area contributed by atoms with E-state index in [2.05, 4.69) is 9.98 Å². The molecule has 0 spiro atoms. The van der Waals surface area contributed by atoms with Crippen molar-refractivity contribution in [2.24, 2.45) is 10.9 Å². The van der Waals surface area contributed by atoms with E-state index in [1.165, 1.54) is 0 Å². The van der Waals surface area contributed by atoms with E-state index in [0.29, 0.717) is 5.71 Å². The lowest BCUT2D eigenvalue weighted by atomic mass is 9.95. The van der Waals surface area contributed by atoms with Crippen LogP contribution in [-0.4, -0.2) is 21.0 Å². The number of imidazole rings is 1. The first-order chi connectivity index (χ1) is 9.19. The number of hydrogen-bond acceptors (Lipinski definition) is 3. The predicted molar refractivity (Wildman–Crippen MR) is 70.4 cm³/mol. The number of nitrogens with zero attached hydrogens (tertiary/aromatic N) is 4. The molecule has 0 aromatic carbocycles. The molecule has 1 atom stereocenters. The normalized spacial score (nSPS) is 18.9. The molecule has 0 fully saturated rings. The van der Waals surface area contributed by atoms with Crippen molar-refractivity contribution in [1.29, 1.82) is 5.26 Å². The molecule has 3 heterocycles. The zero-order valence-corrected chi connectivity index (χ0v) is 10.2. The molecule has 0 radical (unpaired) electrons. The van der Waals surface area contributed by atoms with Crippen molar-refractivity contribution in [3.05, 3.63) is 42.4 Å². The molecule has 3 rings (SSSR count). The third kappa shape index (κ3) is 1.83. The van der Waals surface area contributed by atoms with Crippen molar-refractivity contribution in [1.82, 2.24) is 9.38 Å². The van der Waals surface area contributed by atoms with Crippen LogP contribution in [0.4, 0.5) is 0 Å². The molecule has 92 valence electrons. The Morgan fingerprint density at radius 2 is 2.26 bits per heavy atom. The highest BCUT2D eigenvalue weighted by Gasteiger charge is 2.22. The lowest BCUT2D eigenvalue weighted by Crippen LogP contribution is -2.17. The fraction of sp³-hybridized carbons (Fsp3) is 0.143. The van der Waals surface area contributed by atoms with Gasteiger partial charge in [-0.25, -0.2) is 9.98 Å². The van der Waals surface area contributed by atoms with Gasteiger partial charge < -0.3 is 4.40 Å². The van der Waals surface area contributed by atoms with Crippen molar-refractivity contribution in [2.75, 3.05) is 0 Å². The molecule has 19 heavy (non-hydrogen) atoms. The van der Waals surface area contributed by atoms with Crippen LogP contribution in [0.3, 0.4) is 0 Å². The van der Waals surface area contributed by atoms with Crippen LogP contribution >= 0.6 is 0 Å². The van der Waals surface area contributed by atoms with Crippen LogP contribution in [0.1, 0.15) is 12.5 Å². The molecule has 1 unspecified atom stereocenters. The molecule has 5 nitrogen and oxygen atoms in total. The minimum atomic E-state index is -0.797. The fourth-order valence-corrected chi connectivity index (χ4v) is 2.13. The molecule has 2 aromatic rings. The molecular formula is C14H10N4O. The van der Waals surface area contributed by atoms with E-state index in [0.717, 1.165) is 16.8 Å². The van der Waals surface area contributed by atoms with Gasteiger partial charge in [-0.1, -0.05) is 0 Å². The highest BCUT2D eigenvalue weighted by atomic mass is 16.1. The number of aliphatic imine (C=N–C) groups is 1. The molecular weight excluding hydrogens is 240 g/mol. The Morgan fingerprint density at radius 1 is 1.42 bits per heavy atom. The average molecular weight is 250 g/mol. The van der Waals surface area contributed by atoms with Crippen LogP contribution < -0.4 is 0 Å². The van der Waals surface area contributed by atoms with Gasteiger partial charge in [-0.15, -0.1) is 0 Å². The van der Waals surface area contributed by atoms with Gasteiger partial charge in [0.2, 0.25) is 0 Å². The number of fused-ring (bicyclic) bond motifs is 1. The van der Waals surface area contributed by atoms with E-state index in [-0.39, 0.29) is 0 Å². The molecule has 1 amide bonds. The molecule has 0 N–H and O–H groups in total. The molecule has 1 aliphatic rings. The van der Waals surface area contributed by atoms with Crippen molar-refractivity contribution in [3.63, 3.8) is 0 Å². The molecule has 0 saturated carbocycles. The van der Waals surface area contributed by atoms with Crippen LogP contribution in [0.15, 0.2) is 41.8 Å². The van der Waals surface area contributed by atoms with Crippen molar-refractivity contribution < 1.29 is 4.79 Å². The first-order valence-corrected chi connectivity index (χ1v) is 5.83. The van der Waals surface area contributed by atoms with E-state index >= 15 is 0 Å². The Hall–Kier alpha value is -2.74. The van der Waals surface area contributed by atoms with Gasteiger partial charge in [0.05, 0.1) is 6.07 Å². The van der Waals surface area contributed by atoms with E-state index < -0.39 is 11.8 Å². The third-order valence-corrected chi connectivity index (χ3v) is 3.12. The van der Waals surface area contributed by atoms with Gasteiger partial charge in [0.25, 0.3) is 5.91 Å². The molecule has 1 aliphatic heterocycles. The smallest absolute Gasteiger partial charge is 0.267 e. The summed E-state index contributed by atoms with van der Waals surface area (Å²) in [6.07, 6.45) is 7.14. The number of dihydropyridines is 1. The average Bonchev–Trinajstić information content (AvgIpc) is 2.86. The Balaban J connectivity index is 2.12. The van der Waals surface area contributed by atoms with E-state index in [9.17, 15) is 4.79 Å². The largest absolute Gasteiger partial charge is 0.307 e. The number of carbonyl (C=O) groups excluding carboxylic acids is 1. The number of pyridine rings is 1. The Morgan fingerprint density at radius 3 is 3.05 bits per heavy atom. The summed E-state index contributed by atoms with van der Waals surface area (Å²) < 4.78 is 1.90. The third-order valence-electron chi connectivity index (χ3n) is 3.12. The second kappa shape index (κ2) is 4.18. The fourth-order valence-electron chi connectivity index (χ4n) is 2.13. The predicted octanol–water partition coefficient (Wildman–Crippen LogP) is 1.86. The number of aromatic nitrogens is 2. The van der Waals surface area contributed by atoms with Gasteiger partial charge in [-0.3, -0.25) is 4.79 Å². The maximum absolute atomic E-state index is 11.5. The standard InChI is InChI=1S/C14H10N4O/c1-9-12(6-11(8-15)14(19)17-9)10-2-4-18-5-3-16-13(18)7-10/h2-7,11H,1H3. The maximum atomic E-state index is 11.5. The summed E-state index contributed by atoms with van der Waals surface area (Å²) in [6.45, 7) is 1.77. The topological polar surface area (TPSA) is 70.5 Å². The van der Waals surface area contributed by atoms with Gasteiger partial charge >= 0.3 is 0 Å². The van der Waals surface area contributed by atoms with Gasteiger partial charge in [0, 0.05) is 29.9 Å². The minimum Gasteiger partial charge on any atom is -0.307 e. The SMILES string of the molecule is CC1=NC(=O)C(C#N)C=C1c1ccn2ccnc2c1. The van der Waals surface area contributed by atoms with Crippen LogP contribution in [0.5, 0.6) is 0 Å².